The summed E-state index contributed by atoms with van der Waals surface area (Å²) >= 11 is 0. The second-order valence-corrected chi connectivity index (χ2v) is 10.5. The van der Waals surface area contributed by atoms with Crippen molar-refractivity contribution in [3.05, 3.63) is 35.4 Å². The molecule has 0 bridgehead atoms. The zero-order chi connectivity index (χ0) is 24.9. The number of hydrogen-bond acceptors (Lipinski definition) is 4. The van der Waals surface area contributed by atoms with E-state index < -0.39 is 29.3 Å². The van der Waals surface area contributed by atoms with Gasteiger partial charge in [-0.05, 0) is 66.9 Å². The summed E-state index contributed by atoms with van der Waals surface area (Å²) in [7, 11) is 0. The molecule has 0 saturated heterocycles. The molecular formula is C25H41N3O4. The number of alkyl carbamates (subject to hydrolysis) is 1. The molecule has 2 N–H and O–H groups in total. The molecular weight excluding hydrogens is 406 g/mol. The molecule has 7 heteroatoms. The van der Waals surface area contributed by atoms with Crippen LogP contribution in [0, 0.1) is 12.8 Å². The summed E-state index contributed by atoms with van der Waals surface area (Å²) in [6.07, 6.45) is -0.660. The minimum atomic E-state index is -0.834. The molecule has 0 aliphatic heterocycles. The third-order valence-corrected chi connectivity index (χ3v) is 4.64. The Hall–Kier alpha value is -2.57. The predicted octanol–water partition coefficient (Wildman–Crippen LogP) is 4.35. The maximum atomic E-state index is 13.7. The summed E-state index contributed by atoms with van der Waals surface area (Å²) in [4.78, 5) is 41.0. The highest BCUT2D eigenvalue weighted by Crippen LogP contribution is 2.25. The van der Waals surface area contributed by atoms with Gasteiger partial charge in [0.1, 0.15) is 17.7 Å². The van der Waals surface area contributed by atoms with Crippen molar-refractivity contribution in [3.63, 3.8) is 0 Å². The van der Waals surface area contributed by atoms with Crippen molar-refractivity contribution >= 4 is 17.9 Å². The number of aryl methyl sites for hydroxylation is 1. The molecule has 180 valence electrons. The third kappa shape index (κ3) is 8.52. The fraction of sp³-hybridized carbons (Fsp3) is 0.640. The van der Waals surface area contributed by atoms with Gasteiger partial charge in [-0.2, -0.15) is 0 Å². The van der Waals surface area contributed by atoms with E-state index in [9.17, 15) is 14.4 Å². The quantitative estimate of drug-likeness (QED) is 0.650. The molecule has 0 radical (unpaired) electrons. The maximum absolute atomic E-state index is 13.7. The van der Waals surface area contributed by atoms with Gasteiger partial charge in [-0.3, -0.25) is 9.59 Å². The minimum absolute atomic E-state index is 0.201. The largest absolute Gasteiger partial charge is 0.444 e. The molecule has 0 spiro atoms. The van der Waals surface area contributed by atoms with Gasteiger partial charge in [0.25, 0.3) is 0 Å². The van der Waals surface area contributed by atoms with E-state index in [0.29, 0.717) is 6.54 Å². The van der Waals surface area contributed by atoms with Gasteiger partial charge in [0, 0.05) is 12.1 Å². The Morgan fingerprint density at radius 3 is 2.09 bits per heavy atom. The second-order valence-electron chi connectivity index (χ2n) is 10.5. The van der Waals surface area contributed by atoms with Crippen LogP contribution in [-0.4, -0.2) is 46.5 Å². The average molecular weight is 448 g/mol. The Morgan fingerprint density at radius 1 is 1.06 bits per heavy atom. The van der Waals surface area contributed by atoms with Crippen LogP contribution in [0.3, 0.4) is 0 Å². The van der Waals surface area contributed by atoms with Gasteiger partial charge in [-0.25, -0.2) is 4.79 Å². The number of benzene rings is 1. The number of rotatable bonds is 7. The fourth-order valence-electron chi connectivity index (χ4n) is 3.34. The fourth-order valence-corrected chi connectivity index (χ4v) is 3.34. The van der Waals surface area contributed by atoms with E-state index >= 15 is 0 Å². The highest BCUT2D eigenvalue weighted by atomic mass is 16.6. The van der Waals surface area contributed by atoms with E-state index in [1.54, 1.807) is 20.8 Å². The van der Waals surface area contributed by atoms with E-state index in [2.05, 4.69) is 10.6 Å². The molecule has 1 aromatic carbocycles. The standard InChI is InChI=1S/C25H41N3O4/c1-11-28(22(30)19(16(2)3)26-23(31)32-25(8,9)10)20(21(29)27-24(5,6)7)18-14-12-13-17(4)15-18/h12-16,19-20H,11H2,1-10H3,(H,26,31)(H,27,29). The summed E-state index contributed by atoms with van der Waals surface area (Å²) in [6.45, 7) is 18.8. The smallest absolute Gasteiger partial charge is 0.408 e. The average Bonchev–Trinajstić information content (AvgIpc) is 2.60. The Bertz CT molecular complexity index is 806. The summed E-state index contributed by atoms with van der Waals surface area (Å²) in [5.41, 5.74) is 0.567. The Balaban J connectivity index is 3.36. The first kappa shape index (κ1) is 27.5. The molecule has 1 aromatic rings. The monoisotopic (exact) mass is 447 g/mol. The Kier molecular flexibility index (Phi) is 9.30. The van der Waals surface area contributed by atoms with Gasteiger partial charge in [0.15, 0.2) is 0 Å². The van der Waals surface area contributed by atoms with Crippen LogP contribution < -0.4 is 10.6 Å². The first-order valence-electron chi connectivity index (χ1n) is 11.2. The topological polar surface area (TPSA) is 87.7 Å². The molecule has 0 aromatic heterocycles. The number of carbonyl (C=O) groups excluding carboxylic acids is 3. The van der Waals surface area contributed by atoms with Gasteiger partial charge in [-0.1, -0.05) is 43.7 Å². The maximum Gasteiger partial charge on any atom is 0.408 e. The SMILES string of the molecule is CCN(C(=O)C(NC(=O)OC(C)(C)C)C(C)C)C(C(=O)NC(C)(C)C)c1cccc(C)c1. The molecule has 2 unspecified atom stereocenters. The highest BCUT2D eigenvalue weighted by molar-refractivity contribution is 5.92. The molecule has 2 atom stereocenters. The van der Waals surface area contributed by atoms with Crippen LogP contribution in [0.2, 0.25) is 0 Å². The van der Waals surface area contributed by atoms with Gasteiger partial charge in [0.05, 0.1) is 0 Å². The highest BCUT2D eigenvalue weighted by Gasteiger charge is 2.37. The number of likely N-dealkylation sites (N-methyl/N-ethyl adjacent to an activating group) is 1. The van der Waals surface area contributed by atoms with Crippen molar-refractivity contribution < 1.29 is 19.1 Å². The summed E-state index contributed by atoms with van der Waals surface area (Å²) in [6, 6.07) is 5.92. The molecule has 0 saturated carbocycles. The van der Waals surface area contributed by atoms with E-state index in [1.165, 1.54) is 4.90 Å². The molecule has 0 aliphatic carbocycles. The van der Waals surface area contributed by atoms with E-state index in [0.717, 1.165) is 11.1 Å². The van der Waals surface area contributed by atoms with Crippen molar-refractivity contribution in [1.29, 1.82) is 0 Å². The van der Waals surface area contributed by atoms with Crippen LogP contribution in [-0.2, 0) is 14.3 Å². The van der Waals surface area contributed by atoms with Gasteiger partial charge in [0.2, 0.25) is 11.8 Å². The van der Waals surface area contributed by atoms with E-state index in [4.69, 9.17) is 4.74 Å². The molecule has 32 heavy (non-hydrogen) atoms. The first-order chi connectivity index (χ1) is 14.6. The molecule has 0 heterocycles. The lowest BCUT2D eigenvalue weighted by Gasteiger charge is -2.36. The summed E-state index contributed by atoms with van der Waals surface area (Å²) in [5.74, 6) is -0.796. The lowest BCUT2D eigenvalue weighted by Crippen LogP contribution is -2.56. The normalized spacial score (nSPS) is 13.8. The minimum Gasteiger partial charge on any atom is -0.444 e. The number of carbonyl (C=O) groups is 3. The zero-order valence-electron chi connectivity index (χ0n) is 21.3. The van der Waals surface area contributed by atoms with Gasteiger partial charge < -0.3 is 20.3 Å². The van der Waals surface area contributed by atoms with Crippen LogP contribution in [0.4, 0.5) is 4.79 Å². The predicted molar refractivity (Wildman–Crippen MR) is 127 cm³/mol. The van der Waals surface area contributed by atoms with Crippen molar-refractivity contribution in [1.82, 2.24) is 15.5 Å². The number of nitrogens with zero attached hydrogens (tertiary/aromatic N) is 1. The van der Waals surface area contributed by atoms with Crippen LogP contribution in [0.5, 0.6) is 0 Å². The number of nitrogens with one attached hydrogen (secondary N) is 2. The molecule has 1 rings (SSSR count). The van der Waals surface area contributed by atoms with Crippen LogP contribution in [0.25, 0.3) is 0 Å². The molecule has 7 nitrogen and oxygen atoms in total. The van der Waals surface area contributed by atoms with Gasteiger partial charge >= 0.3 is 6.09 Å². The number of hydrogen-bond donors (Lipinski definition) is 2. The molecule has 0 fully saturated rings. The molecule has 0 aliphatic rings. The van der Waals surface area contributed by atoms with Crippen molar-refractivity contribution in [2.75, 3.05) is 6.54 Å². The van der Waals surface area contributed by atoms with Gasteiger partial charge in [-0.15, -0.1) is 0 Å². The van der Waals surface area contributed by atoms with E-state index in [-0.39, 0.29) is 17.7 Å². The third-order valence-electron chi connectivity index (χ3n) is 4.64. The summed E-state index contributed by atoms with van der Waals surface area (Å²) < 4.78 is 5.36. The Labute approximate surface area is 193 Å². The molecule has 3 amide bonds. The zero-order valence-corrected chi connectivity index (χ0v) is 21.3. The van der Waals surface area contributed by atoms with Crippen molar-refractivity contribution in [2.24, 2.45) is 5.92 Å². The Morgan fingerprint density at radius 2 is 1.66 bits per heavy atom. The number of ether oxygens (including phenoxy) is 1. The second kappa shape index (κ2) is 10.8. The number of amides is 3. The van der Waals surface area contributed by atoms with Crippen LogP contribution >= 0.6 is 0 Å². The van der Waals surface area contributed by atoms with Crippen molar-refractivity contribution in [3.8, 4) is 0 Å². The van der Waals surface area contributed by atoms with Crippen molar-refractivity contribution in [2.45, 2.75) is 92.5 Å². The first-order valence-corrected chi connectivity index (χ1v) is 11.2. The van der Waals surface area contributed by atoms with Crippen LogP contribution in [0.1, 0.15) is 79.5 Å². The van der Waals surface area contributed by atoms with E-state index in [1.807, 2.05) is 72.7 Å². The lowest BCUT2D eigenvalue weighted by molar-refractivity contribution is -0.143. The van der Waals surface area contributed by atoms with Crippen LogP contribution in [0.15, 0.2) is 24.3 Å². The summed E-state index contributed by atoms with van der Waals surface area (Å²) in [5, 5.41) is 5.71. The lowest BCUT2D eigenvalue weighted by atomic mass is 9.97.